The fraction of sp³-hybridized carbons (Fsp3) is 1.00. The molecule has 2 N–H and O–H groups in total. The van der Waals surface area contributed by atoms with E-state index >= 15 is 0 Å². The third-order valence-corrected chi connectivity index (χ3v) is 6.24. The van der Waals surface area contributed by atoms with E-state index in [1.54, 1.807) is 0 Å². The molecule has 0 aromatic rings. The van der Waals surface area contributed by atoms with Crippen molar-refractivity contribution in [3.05, 3.63) is 0 Å². The molecule has 2 aliphatic rings. The summed E-state index contributed by atoms with van der Waals surface area (Å²) < 4.78 is 0. The van der Waals surface area contributed by atoms with Gasteiger partial charge >= 0.3 is 0 Å². The Morgan fingerprint density at radius 1 is 1.05 bits per heavy atom. The predicted octanol–water partition coefficient (Wildman–Crippen LogP) is 4.18. The van der Waals surface area contributed by atoms with Crippen LogP contribution in [0.1, 0.15) is 79.1 Å². The van der Waals surface area contributed by atoms with Crippen molar-refractivity contribution in [1.82, 2.24) is 4.90 Å². The molecule has 2 rings (SSSR count). The van der Waals surface area contributed by atoms with Gasteiger partial charge in [-0.25, -0.2) is 0 Å². The summed E-state index contributed by atoms with van der Waals surface area (Å²) in [5.41, 5.74) is 7.07. The number of nitrogens with zero attached hydrogens (tertiary/aromatic N) is 1. The number of rotatable bonds is 4. The zero-order chi connectivity index (χ0) is 14.8. The van der Waals surface area contributed by atoms with Crippen molar-refractivity contribution in [3.63, 3.8) is 0 Å². The SMILES string of the molecule is CCN(C1CCCC1)C1(CN)CCC(C(C)(C)C)CC1. The highest BCUT2D eigenvalue weighted by molar-refractivity contribution is 5.00. The third-order valence-electron chi connectivity index (χ3n) is 6.24. The van der Waals surface area contributed by atoms with Crippen LogP contribution in [0.4, 0.5) is 0 Å². The molecule has 0 aromatic carbocycles. The predicted molar refractivity (Wildman–Crippen MR) is 87.8 cm³/mol. The zero-order valence-corrected chi connectivity index (χ0v) is 14.3. The molecule has 0 saturated heterocycles. The molecule has 0 amide bonds. The standard InChI is InChI=1S/C18H36N2/c1-5-20(16-8-6-7-9-16)18(14-19)12-10-15(11-13-18)17(2,3)4/h15-16H,5-14,19H2,1-4H3. The fourth-order valence-electron chi connectivity index (χ4n) is 4.83. The van der Waals surface area contributed by atoms with E-state index in [0.717, 1.165) is 18.5 Å². The van der Waals surface area contributed by atoms with E-state index in [1.807, 2.05) is 0 Å². The maximum absolute atomic E-state index is 6.30. The lowest BCUT2D eigenvalue weighted by molar-refractivity contribution is -0.00243. The van der Waals surface area contributed by atoms with E-state index < -0.39 is 0 Å². The molecule has 0 bridgehead atoms. The van der Waals surface area contributed by atoms with Crippen molar-refractivity contribution in [2.75, 3.05) is 13.1 Å². The first-order valence-corrected chi connectivity index (χ1v) is 8.90. The summed E-state index contributed by atoms with van der Waals surface area (Å²) in [5.74, 6) is 0.879. The Hall–Kier alpha value is -0.0800. The molecule has 2 heteroatoms. The largest absolute Gasteiger partial charge is 0.329 e. The minimum absolute atomic E-state index is 0.311. The van der Waals surface area contributed by atoms with Crippen LogP contribution in [-0.4, -0.2) is 29.6 Å². The molecule has 2 saturated carbocycles. The molecule has 2 fully saturated rings. The van der Waals surface area contributed by atoms with Gasteiger partial charge < -0.3 is 5.73 Å². The summed E-state index contributed by atoms with van der Waals surface area (Å²) in [6.45, 7) is 11.6. The van der Waals surface area contributed by atoms with Gasteiger partial charge in [0.05, 0.1) is 0 Å². The minimum atomic E-state index is 0.311. The van der Waals surface area contributed by atoms with Crippen LogP contribution in [0.3, 0.4) is 0 Å². The lowest BCUT2D eigenvalue weighted by Gasteiger charge is -2.51. The fourth-order valence-corrected chi connectivity index (χ4v) is 4.83. The zero-order valence-electron chi connectivity index (χ0n) is 14.3. The molecule has 0 aliphatic heterocycles. The summed E-state index contributed by atoms with van der Waals surface area (Å²) >= 11 is 0. The molecule has 20 heavy (non-hydrogen) atoms. The molecule has 0 unspecified atom stereocenters. The summed E-state index contributed by atoms with van der Waals surface area (Å²) in [7, 11) is 0. The summed E-state index contributed by atoms with van der Waals surface area (Å²) in [4.78, 5) is 2.80. The highest BCUT2D eigenvalue weighted by Gasteiger charge is 2.43. The van der Waals surface area contributed by atoms with Gasteiger partial charge in [-0.2, -0.15) is 0 Å². The number of nitrogens with two attached hydrogens (primary N) is 1. The lowest BCUT2D eigenvalue weighted by atomic mass is 9.66. The second kappa shape index (κ2) is 6.36. The number of hydrogen-bond donors (Lipinski definition) is 1. The van der Waals surface area contributed by atoms with E-state index in [2.05, 4.69) is 32.6 Å². The van der Waals surface area contributed by atoms with Crippen LogP contribution >= 0.6 is 0 Å². The average Bonchev–Trinajstić information content (AvgIpc) is 2.93. The second-order valence-corrected chi connectivity index (χ2v) is 8.29. The number of hydrogen-bond acceptors (Lipinski definition) is 2. The summed E-state index contributed by atoms with van der Waals surface area (Å²) in [6, 6.07) is 0.815. The van der Waals surface area contributed by atoms with Crippen molar-refractivity contribution >= 4 is 0 Å². The van der Waals surface area contributed by atoms with Crippen molar-refractivity contribution in [1.29, 1.82) is 0 Å². The normalized spacial score (nSPS) is 33.0. The molecule has 2 aliphatic carbocycles. The Kier molecular flexibility index (Phi) is 5.18. The minimum Gasteiger partial charge on any atom is -0.329 e. The van der Waals surface area contributed by atoms with E-state index in [1.165, 1.54) is 57.9 Å². The first kappa shape index (κ1) is 16.3. The monoisotopic (exact) mass is 280 g/mol. The van der Waals surface area contributed by atoms with Gasteiger partial charge in [-0.05, 0) is 56.4 Å². The van der Waals surface area contributed by atoms with Crippen molar-refractivity contribution < 1.29 is 0 Å². The van der Waals surface area contributed by atoms with E-state index in [4.69, 9.17) is 5.73 Å². The smallest absolute Gasteiger partial charge is 0.0334 e. The molecule has 0 spiro atoms. The van der Waals surface area contributed by atoms with Crippen LogP contribution in [0.5, 0.6) is 0 Å². The highest BCUT2D eigenvalue weighted by Crippen LogP contribution is 2.45. The van der Waals surface area contributed by atoms with Gasteiger partial charge in [0.1, 0.15) is 0 Å². The summed E-state index contributed by atoms with van der Waals surface area (Å²) in [6.07, 6.45) is 11.0. The molecule has 2 nitrogen and oxygen atoms in total. The van der Waals surface area contributed by atoms with Gasteiger partial charge in [0.2, 0.25) is 0 Å². The Labute approximate surface area is 126 Å². The molecular formula is C18H36N2. The Bertz CT molecular complexity index is 291. The molecule has 0 radical (unpaired) electrons. The van der Waals surface area contributed by atoms with Crippen LogP contribution in [-0.2, 0) is 0 Å². The van der Waals surface area contributed by atoms with Gasteiger partial charge in [-0.3, -0.25) is 4.90 Å². The van der Waals surface area contributed by atoms with Gasteiger partial charge in [-0.1, -0.05) is 40.5 Å². The molecule has 0 aromatic heterocycles. The summed E-state index contributed by atoms with van der Waals surface area (Å²) in [5, 5.41) is 0. The first-order chi connectivity index (χ1) is 9.43. The van der Waals surface area contributed by atoms with E-state index in [-0.39, 0.29) is 0 Å². The highest BCUT2D eigenvalue weighted by atomic mass is 15.2. The molecule has 0 atom stereocenters. The van der Waals surface area contributed by atoms with Crippen molar-refractivity contribution in [3.8, 4) is 0 Å². The Morgan fingerprint density at radius 3 is 2.00 bits per heavy atom. The van der Waals surface area contributed by atoms with Crippen LogP contribution in [0.15, 0.2) is 0 Å². The van der Waals surface area contributed by atoms with E-state index in [0.29, 0.717) is 11.0 Å². The van der Waals surface area contributed by atoms with Crippen molar-refractivity contribution in [2.45, 2.75) is 90.6 Å². The van der Waals surface area contributed by atoms with Gasteiger partial charge in [-0.15, -0.1) is 0 Å². The van der Waals surface area contributed by atoms with Crippen molar-refractivity contribution in [2.24, 2.45) is 17.1 Å². The van der Waals surface area contributed by atoms with Crippen LogP contribution < -0.4 is 5.73 Å². The molecular weight excluding hydrogens is 244 g/mol. The maximum atomic E-state index is 6.30. The number of likely N-dealkylation sites (N-methyl/N-ethyl adjacent to an activating group) is 1. The van der Waals surface area contributed by atoms with Gasteiger partial charge in [0, 0.05) is 18.1 Å². The van der Waals surface area contributed by atoms with Crippen LogP contribution in [0.25, 0.3) is 0 Å². The molecule has 0 heterocycles. The topological polar surface area (TPSA) is 29.3 Å². The molecule has 118 valence electrons. The van der Waals surface area contributed by atoms with Gasteiger partial charge in [0.25, 0.3) is 0 Å². The van der Waals surface area contributed by atoms with E-state index in [9.17, 15) is 0 Å². The van der Waals surface area contributed by atoms with Crippen LogP contribution in [0.2, 0.25) is 0 Å². The third kappa shape index (κ3) is 3.22. The first-order valence-electron chi connectivity index (χ1n) is 8.90. The second-order valence-electron chi connectivity index (χ2n) is 8.29. The average molecular weight is 281 g/mol. The van der Waals surface area contributed by atoms with Gasteiger partial charge in [0.15, 0.2) is 0 Å². The Morgan fingerprint density at radius 2 is 1.60 bits per heavy atom. The quantitative estimate of drug-likeness (QED) is 0.837. The maximum Gasteiger partial charge on any atom is 0.0334 e. The van der Waals surface area contributed by atoms with Crippen LogP contribution in [0, 0.1) is 11.3 Å². The lowest BCUT2D eigenvalue weighted by Crippen LogP contribution is -2.59. The Balaban J connectivity index is 2.06.